The van der Waals surface area contributed by atoms with Crippen molar-refractivity contribution in [2.24, 2.45) is 0 Å². The molecule has 0 spiro atoms. The number of pyridine rings is 1. The molecule has 0 atom stereocenters. The lowest BCUT2D eigenvalue weighted by molar-refractivity contribution is 0.0694. The molecule has 0 bridgehead atoms. The molecule has 6 nitrogen and oxygen atoms in total. The van der Waals surface area contributed by atoms with E-state index in [2.05, 4.69) is 15.4 Å². The molecule has 28 heavy (non-hydrogen) atoms. The van der Waals surface area contributed by atoms with Crippen LogP contribution < -0.4 is 5.32 Å². The molecule has 2 aromatic heterocycles. The summed E-state index contributed by atoms with van der Waals surface area (Å²) in [6.45, 7) is 1.36. The van der Waals surface area contributed by atoms with Gasteiger partial charge in [-0.25, -0.2) is 9.67 Å². The fourth-order valence-corrected chi connectivity index (χ4v) is 3.42. The summed E-state index contributed by atoms with van der Waals surface area (Å²) in [6, 6.07) is 11.9. The molecular weight excluding hydrogens is 376 g/mol. The number of halogens is 1. The summed E-state index contributed by atoms with van der Waals surface area (Å²) >= 11 is 6.33. The molecule has 1 aliphatic rings. The van der Waals surface area contributed by atoms with Crippen molar-refractivity contribution in [1.82, 2.24) is 20.1 Å². The van der Waals surface area contributed by atoms with Crippen LogP contribution in [-0.4, -0.2) is 39.9 Å². The molecule has 1 N–H and O–H groups in total. The van der Waals surface area contributed by atoms with Crippen LogP contribution in [0.2, 0.25) is 5.02 Å². The fraction of sp³-hybridized carbons (Fsp3) is 0.286. The monoisotopic (exact) mass is 396 g/mol. The topological polar surface area (TPSA) is 69.0 Å². The highest BCUT2D eigenvalue weighted by Crippen LogP contribution is 2.21. The molecule has 1 aromatic carbocycles. The SMILES string of the molecule is O=C(NC1CCOCC1)c1cc(Cc2ccc(-n3cccn3)cc2)c(Cl)cn1. The lowest BCUT2D eigenvalue weighted by atomic mass is 10.0. The Bertz CT molecular complexity index is 936. The van der Waals surface area contributed by atoms with Gasteiger partial charge in [-0.05, 0) is 54.7 Å². The Morgan fingerprint density at radius 2 is 2.04 bits per heavy atom. The number of carbonyl (C=O) groups excluding carboxylic acids is 1. The van der Waals surface area contributed by atoms with Crippen molar-refractivity contribution in [3.05, 3.63) is 76.8 Å². The van der Waals surface area contributed by atoms with E-state index in [4.69, 9.17) is 16.3 Å². The van der Waals surface area contributed by atoms with E-state index in [9.17, 15) is 4.79 Å². The summed E-state index contributed by atoms with van der Waals surface area (Å²) in [5, 5.41) is 7.82. The van der Waals surface area contributed by atoms with Crippen molar-refractivity contribution < 1.29 is 9.53 Å². The smallest absolute Gasteiger partial charge is 0.270 e. The van der Waals surface area contributed by atoms with Crippen LogP contribution in [0.5, 0.6) is 0 Å². The zero-order chi connectivity index (χ0) is 19.3. The number of aromatic nitrogens is 3. The van der Waals surface area contributed by atoms with Gasteiger partial charge in [-0.3, -0.25) is 4.79 Å². The van der Waals surface area contributed by atoms with Crippen LogP contribution >= 0.6 is 11.6 Å². The number of carbonyl (C=O) groups is 1. The molecule has 4 rings (SSSR count). The van der Waals surface area contributed by atoms with Gasteiger partial charge in [-0.15, -0.1) is 0 Å². The molecule has 1 saturated heterocycles. The number of hydrogen-bond donors (Lipinski definition) is 1. The van der Waals surface area contributed by atoms with Crippen LogP contribution in [0.25, 0.3) is 5.69 Å². The molecule has 1 aliphatic heterocycles. The second-order valence-corrected chi connectivity index (χ2v) is 7.22. The maximum atomic E-state index is 12.5. The standard InChI is InChI=1S/C21H21ClN4O2/c22-19-14-23-20(21(27)25-17-6-10-28-11-7-17)13-16(19)12-15-2-4-18(5-3-15)26-9-1-8-24-26/h1-5,8-9,13-14,17H,6-7,10-12H2,(H,25,27). The zero-order valence-corrected chi connectivity index (χ0v) is 16.1. The van der Waals surface area contributed by atoms with Gasteiger partial charge in [0.2, 0.25) is 0 Å². The van der Waals surface area contributed by atoms with Gasteiger partial charge < -0.3 is 10.1 Å². The molecule has 0 unspecified atom stereocenters. The van der Waals surface area contributed by atoms with Crippen molar-refractivity contribution in [1.29, 1.82) is 0 Å². The van der Waals surface area contributed by atoms with Crippen LogP contribution in [0.1, 0.15) is 34.5 Å². The summed E-state index contributed by atoms with van der Waals surface area (Å²) in [5.41, 5.74) is 3.35. The molecule has 144 valence electrons. The molecule has 3 aromatic rings. The highest BCUT2D eigenvalue weighted by Gasteiger charge is 2.18. The van der Waals surface area contributed by atoms with E-state index in [-0.39, 0.29) is 11.9 Å². The molecule has 3 heterocycles. The Morgan fingerprint density at radius 1 is 1.25 bits per heavy atom. The van der Waals surface area contributed by atoms with Gasteiger partial charge in [0.15, 0.2) is 0 Å². The van der Waals surface area contributed by atoms with Crippen LogP contribution in [-0.2, 0) is 11.2 Å². The number of rotatable bonds is 5. The first-order valence-corrected chi connectivity index (χ1v) is 9.69. The van der Waals surface area contributed by atoms with Gasteiger partial charge in [-0.1, -0.05) is 23.7 Å². The molecule has 0 radical (unpaired) electrons. The van der Waals surface area contributed by atoms with Crippen LogP contribution in [0, 0.1) is 0 Å². The van der Waals surface area contributed by atoms with E-state index >= 15 is 0 Å². The number of nitrogens with zero attached hydrogens (tertiary/aromatic N) is 3. The van der Waals surface area contributed by atoms with E-state index in [1.807, 2.05) is 41.2 Å². The van der Waals surface area contributed by atoms with Gasteiger partial charge >= 0.3 is 0 Å². The molecular formula is C21H21ClN4O2. The minimum absolute atomic E-state index is 0.136. The first-order chi connectivity index (χ1) is 13.7. The number of amides is 1. The molecule has 1 fully saturated rings. The second kappa shape index (κ2) is 8.54. The predicted octanol–water partition coefficient (Wildman–Crippen LogP) is 3.42. The molecule has 1 amide bonds. The lowest BCUT2D eigenvalue weighted by Crippen LogP contribution is -2.39. The van der Waals surface area contributed by atoms with Crippen LogP contribution in [0.15, 0.2) is 55.0 Å². The Balaban J connectivity index is 1.47. The average Bonchev–Trinajstić information content (AvgIpc) is 3.26. The number of benzene rings is 1. The molecule has 0 aliphatic carbocycles. The van der Waals surface area contributed by atoms with Crippen molar-refractivity contribution in [2.75, 3.05) is 13.2 Å². The Morgan fingerprint density at radius 3 is 2.75 bits per heavy atom. The Kier molecular flexibility index (Phi) is 5.69. The fourth-order valence-electron chi connectivity index (χ4n) is 3.25. The van der Waals surface area contributed by atoms with E-state index in [1.165, 1.54) is 0 Å². The first kappa shape index (κ1) is 18.7. The van der Waals surface area contributed by atoms with Gasteiger partial charge in [0.05, 0.1) is 10.7 Å². The van der Waals surface area contributed by atoms with E-state index in [0.29, 0.717) is 30.4 Å². The number of nitrogens with one attached hydrogen (secondary N) is 1. The summed E-state index contributed by atoms with van der Waals surface area (Å²) in [7, 11) is 0. The van der Waals surface area contributed by atoms with E-state index < -0.39 is 0 Å². The summed E-state index contributed by atoms with van der Waals surface area (Å²) < 4.78 is 7.14. The van der Waals surface area contributed by atoms with Crippen LogP contribution in [0.4, 0.5) is 0 Å². The van der Waals surface area contributed by atoms with Gasteiger partial charge in [0, 0.05) is 37.8 Å². The minimum atomic E-state index is -0.168. The average molecular weight is 397 g/mol. The summed E-state index contributed by atoms with van der Waals surface area (Å²) in [6.07, 6.45) is 7.48. The van der Waals surface area contributed by atoms with Crippen LogP contribution in [0.3, 0.4) is 0 Å². The third-order valence-electron chi connectivity index (χ3n) is 4.82. The number of ether oxygens (including phenoxy) is 1. The highest BCUT2D eigenvalue weighted by molar-refractivity contribution is 6.31. The summed E-state index contributed by atoms with van der Waals surface area (Å²) in [4.78, 5) is 16.7. The second-order valence-electron chi connectivity index (χ2n) is 6.81. The van der Waals surface area contributed by atoms with Gasteiger partial charge in [0.1, 0.15) is 5.69 Å². The Labute approximate surface area is 168 Å². The van der Waals surface area contributed by atoms with E-state index in [0.717, 1.165) is 29.7 Å². The first-order valence-electron chi connectivity index (χ1n) is 9.31. The molecule has 7 heteroatoms. The maximum Gasteiger partial charge on any atom is 0.270 e. The third kappa shape index (κ3) is 4.40. The summed E-state index contributed by atoms with van der Waals surface area (Å²) in [5.74, 6) is -0.168. The highest BCUT2D eigenvalue weighted by atomic mass is 35.5. The maximum absolute atomic E-state index is 12.5. The number of hydrogen-bond acceptors (Lipinski definition) is 4. The van der Waals surface area contributed by atoms with Crippen molar-refractivity contribution >= 4 is 17.5 Å². The third-order valence-corrected chi connectivity index (χ3v) is 5.16. The Hall–Kier alpha value is -2.70. The largest absolute Gasteiger partial charge is 0.381 e. The van der Waals surface area contributed by atoms with Crippen molar-refractivity contribution in [3.8, 4) is 5.69 Å². The molecule has 0 saturated carbocycles. The van der Waals surface area contributed by atoms with E-state index in [1.54, 1.807) is 18.5 Å². The van der Waals surface area contributed by atoms with Gasteiger partial charge in [0.25, 0.3) is 5.91 Å². The van der Waals surface area contributed by atoms with Crippen molar-refractivity contribution in [2.45, 2.75) is 25.3 Å². The quantitative estimate of drug-likeness (QED) is 0.717. The normalized spacial score (nSPS) is 14.8. The lowest BCUT2D eigenvalue weighted by Gasteiger charge is -2.23. The predicted molar refractivity (Wildman–Crippen MR) is 107 cm³/mol. The minimum Gasteiger partial charge on any atom is -0.381 e. The van der Waals surface area contributed by atoms with Gasteiger partial charge in [-0.2, -0.15) is 5.10 Å². The van der Waals surface area contributed by atoms with Crippen molar-refractivity contribution in [3.63, 3.8) is 0 Å². The zero-order valence-electron chi connectivity index (χ0n) is 15.3.